The molecule has 23 heavy (non-hydrogen) atoms. The number of nitrogens with one attached hydrogen (secondary N) is 1. The second-order valence-electron chi connectivity index (χ2n) is 10.5. The highest BCUT2D eigenvalue weighted by Gasteiger charge is 2.33. The maximum absolute atomic E-state index is 10.2. The summed E-state index contributed by atoms with van der Waals surface area (Å²) in [5, 5.41) is 13.7. The first-order chi connectivity index (χ1) is 10.3. The van der Waals surface area contributed by atoms with Crippen molar-refractivity contribution in [3.8, 4) is 0 Å². The van der Waals surface area contributed by atoms with Crippen molar-refractivity contribution in [1.82, 2.24) is 5.32 Å². The van der Waals surface area contributed by atoms with Crippen LogP contribution in [0.3, 0.4) is 0 Å². The fraction of sp³-hybridized carbons (Fsp3) is 1.00. The summed E-state index contributed by atoms with van der Waals surface area (Å²) in [5.74, 6) is 0.713. The fourth-order valence-corrected chi connectivity index (χ4v) is 4.47. The SMILES string of the molecule is C[C@@H]1C[C@H](OC[C@@H](O)CNC(C)(C)CC(C)(C)C)CC(C)(C)C1. The summed E-state index contributed by atoms with van der Waals surface area (Å²) in [5.41, 5.74) is 0.669. The molecule has 1 aliphatic carbocycles. The van der Waals surface area contributed by atoms with Crippen LogP contribution < -0.4 is 5.32 Å². The lowest BCUT2D eigenvalue weighted by molar-refractivity contribution is -0.0561. The summed E-state index contributed by atoms with van der Waals surface area (Å²) in [6.07, 6.45) is 4.44. The summed E-state index contributed by atoms with van der Waals surface area (Å²) >= 11 is 0. The van der Waals surface area contributed by atoms with E-state index in [1.165, 1.54) is 6.42 Å². The summed E-state index contributed by atoms with van der Waals surface area (Å²) in [6.45, 7) is 19.2. The molecule has 3 atom stereocenters. The minimum atomic E-state index is -0.436. The van der Waals surface area contributed by atoms with Crippen molar-refractivity contribution in [2.75, 3.05) is 13.2 Å². The lowest BCUT2D eigenvalue weighted by Crippen LogP contribution is -2.46. The summed E-state index contributed by atoms with van der Waals surface area (Å²) < 4.78 is 6.03. The number of aliphatic hydroxyl groups is 1. The van der Waals surface area contributed by atoms with E-state index in [1.54, 1.807) is 0 Å². The van der Waals surface area contributed by atoms with Crippen molar-refractivity contribution in [2.24, 2.45) is 16.7 Å². The number of β-amino-alcohol motifs (C(OH)–C–C–N with tert-alkyl or cyclic N) is 1. The van der Waals surface area contributed by atoms with E-state index in [0.29, 0.717) is 30.6 Å². The standard InChI is InChI=1S/C20H41NO2/c1-15-9-17(11-19(5,6)10-15)23-13-16(22)12-21-20(7,8)14-18(2,3)4/h15-17,21-22H,9-14H2,1-8H3/t15-,16+,17+/m1/s1. The Morgan fingerprint density at radius 3 is 2.30 bits per heavy atom. The zero-order chi connectivity index (χ0) is 17.9. The van der Waals surface area contributed by atoms with Gasteiger partial charge in [0.2, 0.25) is 0 Å². The van der Waals surface area contributed by atoms with E-state index in [0.717, 1.165) is 19.3 Å². The van der Waals surface area contributed by atoms with Gasteiger partial charge < -0.3 is 15.2 Å². The van der Waals surface area contributed by atoms with Crippen LogP contribution in [0.5, 0.6) is 0 Å². The lowest BCUT2D eigenvalue weighted by Gasteiger charge is -2.39. The van der Waals surface area contributed by atoms with Gasteiger partial charge in [-0.1, -0.05) is 41.5 Å². The molecule has 0 unspecified atom stereocenters. The van der Waals surface area contributed by atoms with Crippen LogP contribution in [0.2, 0.25) is 0 Å². The first-order valence-corrected chi connectivity index (χ1v) is 9.33. The van der Waals surface area contributed by atoms with Crippen LogP contribution in [-0.2, 0) is 4.74 Å². The molecule has 1 fully saturated rings. The molecule has 0 amide bonds. The normalized spacial score (nSPS) is 27.0. The molecule has 0 bridgehead atoms. The average molecular weight is 328 g/mol. The van der Waals surface area contributed by atoms with Gasteiger partial charge in [0, 0.05) is 12.1 Å². The van der Waals surface area contributed by atoms with Crippen molar-refractivity contribution in [3.05, 3.63) is 0 Å². The Morgan fingerprint density at radius 2 is 1.78 bits per heavy atom. The molecule has 0 aromatic carbocycles. The Bertz CT molecular complexity index is 357. The maximum Gasteiger partial charge on any atom is 0.0898 e. The molecular weight excluding hydrogens is 286 g/mol. The van der Waals surface area contributed by atoms with E-state index in [9.17, 15) is 5.11 Å². The van der Waals surface area contributed by atoms with Crippen LogP contribution in [0.25, 0.3) is 0 Å². The maximum atomic E-state index is 10.2. The number of hydrogen-bond acceptors (Lipinski definition) is 3. The lowest BCUT2D eigenvalue weighted by atomic mass is 9.71. The molecule has 2 N–H and O–H groups in total. The highest BCUT2D eigenvalue weighted by Crippen LogP contribution is 2.39. The first-order valence-electron chi connectivity index (χ1n) is 9.33. The molecule has 0 aromatic heterocycles. The number of aliphatic hydroxyl groups excluding tert-OH is 1. The molecular formula is C20H41NO2. The third-order valence-corrected chi connectivity index (χ3v) is 4.66. The highest BCUT2D eigenvalue weighted by atomic mass is 16.5. The molecule has 0 radical (unpaired) electrons. The van der Waals surface area contributed by atoms with Crippen LogP contribution in [0.1, 0.15) is 81.1 Å². The molecule has 3 nitrogen and oxygen atoms in total. The van der Waals surface area contributed by atoms with Gasteiger partial charge in [0.25, 0.3) is 0 Å². The molecule has 1 aliphatic rings. The summed E-state index contributed by atoms with van der Waals surface area (Å²) in [7, 11) is 0. The predicted molar refractivity (Wildman–Crippen MR) is 98.7 cm³/mol. The van der Waals surface area contributed by atoms with Gasteiger partial charge in [0.15, 0.2) is 0 Å². The Labute approximate surface area is 144 Å². The van der Waals surface area contributed by atoms with Gasteiger partial charge in [-0.2, -0.15) is 0 Å². The second kappa shape index (κ2) is 7.84. The fourth-order valence-electron chi connectivity index (χ4n) is 4.47. The molecule has 138 valence electrons. The third kappa shape index (κ3) is 9.07. The monoisotopic (exact) mass is 327 g/mol. The minimum absolute atomic E-state index is 0.0283. The van der Waals surface area contributed by atoms with Gasteiger partial charge >= 0.3 is 0 Å². The van der Waals surface area contributed by atoms with Crippen molar-refractivity contribution >= 4 is 0 Å². The molecule has 0 aromatic rings. The number of ether oxygens (including phenoxy) is 1. The van der Waals surface area contributed by atoms with Gasteiger partial charge in [-0.05, 0) is 56.3 Å². The van der Waals surface area contributed by atoms with Crippen LogP contribution in [0, 0.1) is 16.7 Å². The van der Waals surface area contributed by atoms with Crippen LogP contribution in [-0.4, -0.2) is 36.0 Å². The Balaban J connectivity index is 2.33. The molecule has 0 saturated heterocycles. The van der Waals surface area contributed by atoms with Crippen molar-refractivity contribution < 1.29 is 9.84 Å². The van der Waals surface area contributed by atoms with Gasteiger partial charge in [-0.25, -0.2) is 0 Å². The van der Waals surface area contributed by atoms with Gasteiger partial charge in [-0.15, -0.1) is 0 Å². The molecule has 1 saturated carbocycles. The van der Waals surface area contributed by atoms with Gasteiger partial charge in [-0.3, -0.25) is 0 Å². The van der Waals surface area contributed by atoms with Crippen molar-refractivity contribution in [2.45, 2.75) is 98.8 Å². The smallest absolute Gasteiger partial charge is 0.0898 e. The quantitative estimate of drug-likeness (QED) is 0.729. The van der Waals surface area contributed by atoms with E-state index in [4.69, 9.17) is 4.74 Å². The van der Waals surface area contributed by atoms with Crippen LogP contribution in [0.4, 0.5) is 0 Å². The van der Waals surface area contributed by atoms with Crippen molar-refractivity contribution in [1.29, 1.82) is 0 Å². The zero-order valence-corrected chi connectivity index (χ0v) is 16.8. The minimum Gasteiger partial charge on any atom is -0.389 e. The van der Waals surface area contributed by atoms with Gasteiger partial charge in [0.05, 0.1) is 18.8 Å². The van der Waals surface area contributed by atoms with Crippen LogP contribution in [0.15, 0.2) is 0 Å². The molecule has 0 heterocycles. The Hall–Kier alpha value is -0.120. The van der Waals surface area contributed by atoms with Crippen LogP contribution >= 0.6 is 0 Å². The van der Waals surface area contributed by atoms with E-state index in [-0.39, 0.29) is 11.0 Å². The highest BCUT2D eigenvalue weighted by molar-refractivity contribution is 4.85. The van der Waals surface area contributed by atoms with E-state index < -0.39 is 6.10 Å². The first kappa shape index (κ1) is 20.9. The topological polar surface area (TPSA) is 41.5 Å². The molecule has 3 heteroatoms. The Kier molecular flexibility index (Phi) is 7.13. The van der Waals surface area contributed by atoms with Crippen molar-refractivity contribution in [3.63, 3.8) is 0 Å². The summed E-state index contributed by atoms with van der Waals surface area (Å²) in [6, 6.07) is 0. The molecule has 0 aliphatic heterocycles. The van der Waals surface area contributed by atoms with E-state index in [2.05, 4.69) is 60.7 Å². The van der Waals surface area contributed by atoms with Gasteiger partial charge in [0.1, 0.15) is 0 Å². The van der Waals surface area contributed by atoms with E-state index in [1.807, 2.05) is 0 Å². The second-order valence-corrected chi connectivity index (χ2v) is 10.5. The summed E-state index contributed by atoms with van der Waals surface area (Å²) in [4.78, 5) is 0. The zero-order valence-electron chi connectivity index (χ0n) is 16.8. The Morgan fingerprint density at radius 1 is 1.17 bits per heavy atom. The molecule has 1 rings (SSSR count). The van der Waals surface area contributed by atoms with E-state index >= 15 is 0 Å². The predicted octanol–water partition coefficient (Wildman–Crippen LogP) is 4.38. The number of rotatable bonds is 7. The largest absolute Gasteiger partial charge is 0.389 e. The average Bonchev–Trinajstić information content (AvgIpc) is 2.28. The molecule has 0 spiro atoms. The number of hydrogen-bond donors (Lipinski definition) is 2. The third-order valence-electron chi connectivity index (χ3n) is 4.66.